The minimum Gasteiger partial charge on any atom is -0.394 e. The van der Waals surface area contributed by atoms with Crippen molar-refractivity contribution < 1.29 is 25.5 Å². The lowest BCUT2D eigenvalue weighted by Crippen LogP contribution is -2.49. The van der Waals surface area contributed by atoms with Crippen LogP contribution in [0.15, 0.2) is 48.8 Å². The molecule has 8 heteroatoms. The molecule has 0 saturated heterocycles. The van der Waals surface area contributed by atoms with Crippen molar-refractivity contribution in [3.8, 4) is 0 Å². The third-order valence-corrected chi connectivity index (χ3v) is 3.99. The van der Waals surface area contributed by atoms with Gasteiger partial charge in [0.25, 0.3) is 0 Å². The zero-order valence-corrected chi connectivity index (χ0v) is 14.3. The fourth-order valence-electron chi connectivity index (χ4n) is 2.56. The van der Waals surface area contributed by atoms with Crippen LogP contribution in [0.1, 0.15) is 11.4 Å². The van der Waals surface area contributed by atoms with Crippen molar-refractivity contribution >= 4 is 0 Å². The lowest BCUT2D eigenvalue weighted by molar-refractivity contribution is -0.120. The van der Waals surface area contributed by atoms with Gasteiger partial charge in [-0.2, -0.15) is 0 Å². The van der Waals surface area contributed by atoms with E-state index in [9.17, 15) is 20.4 Å². The summed E-state index contributed by atoms with van der Waals surface area (Å²) < 4.78 is 0. The number of rotatable bonds is 10. The molecular weight excluding hydrogens is 338 g/mol. The van der Waals surface area contributed by atoms with E-state index in [4.69, 9.17) is 5.11 Å². The van der Waals surface area contributed by atoms with Crippen molar-refractivity contribution in [2.45, 2.75) is 37.5 Å². The normalized spacial score (nSPS) is 16.2. The Balaban J connectivity index is 2.07. The summed E-state index contributed by atoms with van der Waals surface area (Å²) in [4.78, 5) is 10.4. The van der Waals surface area contributed by atoms with E-state index in [-0.39, 0.29) is 6.54 Å². The topological polar surface area (TPSA) is 130 Å². The predicted octanol–water partition coefficient (Wildman–Crippen LogP) is -1.09. The van der Waals surface area contributed by atoms with E-state index < -0.39 is 31.0 Å². The Labute approximate surface area is 152 Å². The van der Waals surface area contributed by atoms with Gasteiger partial charge in [0.15, 0.2) is 0 Å². The smallest absolute Gasteiger partial charge is 0.111 e. The van der Waals surface area contributed by atoms with Crippen LogP contribution in [0.4, 0.5) is 0 Å². The fraction of sp³-hybridized carbons (Fsp3) is 0.444. The van der Waals surface area contributed by atoms with Crippen molar-refractivity contribution in [3.63, 3.8) is 0 Å². The average molecular weight is 363 g/mol. The largest absolute Gasteiger partial charge is 0.394 e. The summed E-state index contributed by atoms with van der Waals surface area (Å²) in [5.74, 6) is 0. The first kappa shape index (κ1) is 20.4. The number of aromatic nitrogens is 2. The molecule has 142 valence electrons. The van der Waals surface area contributed by atoms with Gasteiger partial charge in [-0.1, -0.05) is 12.1 Å². The second-order valence-corrected chi connectivity index (χ2v) is 6.11. The highest BCUT2D eigenvalue weighted by Crippen LogP contribution is 2.11. The van der Waals surface area contributed by atoms with Gasteiger partial charge in [-0.05, 0) is 24.3 Å². The number of hydrogen-bond donors (Lipinski definition) is 5. The molecule has 0 amide bonds. The maximum atomic E-state index is 10.3. The molecule has 0 saturated carbocycles. The molecule has 5 N–H and O–H groups in total. The first-order valence-corrected chi connectivity index (χ1v) is 8.36. The van der Waals surface area contributed by atoms with Gasteiger partial charge in [-0.15, -0.1) is 0 Å². The van der Waals surface area contributed by atoms with Crippen molar-refractivity contribution in [2.24, 2.45) is 0 Å². The monoisotopic (exact) mass is 363 g/mol. The molecule has 2 aromatic rings. The highest BCUT2D eigenvalue weighted by Gasteiger charge is 2.31. The van der Waals surface area contributed by atoms with Crippen LogP contribution in [0.2, 0.25) is 0 Å². The highest BCUT2D eigenvalue weighted by atomic mass is 16.4. The lowest BCUT2D eigenvalue weighted by Gasteiger charge is -2.30. The number of pyridine rings is 2. The summed E-state index contributed by atoms with van der Waals surface area (Å²) >= 11 is 0. The highest BCUT2D eigenvalue weighted by molar-refractivity contribution is 5.06. The van der Waals surface area contributed by atoms with Crippen molar-refractivity contribution in [2.75, 3.05) is 13.2 Å². The summed E-state index contributed by atoms with van der Waals surface area (Å²) in [6, 6.07) is 11.0. The van der Waals surface area contributed by atoms with E-state index in [1.54, 1.807) is 24.5 Å². The maximum Gasteiger partial charge on any atom is 0.111 e. The third kappa shape index (κ3) is 6.10. The molecule has 0 aromatic carbocycles. The SMILES string of the molecule is OC[C@@H](O)[C@@H](O)[C@H](O)[C@@H](O)CN(Cc1ccccn1)Cc1ccccn1. The van der Waals surface area contributed by atoms with Crippen LogP contribution in [0, 0.1) is 0 Å². The zero-order valence-electron chi connectivity index (χ0n) is 14.3. The molecule has 0 aliphatic heterocycles. The second kappa shape index (κ2) is 10.3. The van der Waals surface area contributed by atoms with E-state index in [1.807, 2.05) is 29.2 Å². The maximum absolute atomic E-state index is 10.3. The lowest BCUT2D eigenvalue weighted by atomic mass is 10.0. The zero-order chi connectivity index (χ0) is 18.9. The Bertz CT molecular complexity index is 590. The summed E-state index contributed by atoms with van der Waals surface area (Å²) in [5, 5.41) is 48.4. The van der Waals surface area contributed by atoms with Crippen LogP contribution in [-0.2, 0) is 13.1 Å². The predicted molar refractivity (Wildman–Crippen MR) is 93.7 cm³/mol. The van der Waals surface area contributed by atoms with Gasteiger partial charge in [0.05, 0.1) is 24.1 Å². The van der Waals surface area contributed by atoms with E-state index in [2.05, 4.69) is 9.97 Å². The molecule has 0 aliphatic carbocycles. The molecule has 2 rings (SSSR count). The van der Waals surface area contributed by atoms with Gasteiger partial charge in [-0.25, -0.2) is 0 Å². The average Bonchev–Trinajstić information content (AvgIpc) is 2.67. The summed E-state index contributed by atoms with van der Waals surface area (Å²) in [7, 11) is 0. The number of aliphatic hydroxyl groups is 5. The van der Waals surface area contributed by atoms with Gasteiger partial charge >= 0.3 is 0 Å². The standard InChI is InChI=1S/C18H25N3O5/c22-12-16(24)18(26)17(25)15(23)11-21(9-13-5-1-3-7-19-13)10-14-6-2-4-8-20-14/h1-8,15-18,22-26H,9-12H2/t15-,16+,17+,18+/m0/s1. The summed E-state index contributed by atoms with van der Waals surface area (Å²) in [6.07, 6.45) is -2.78. The van der Waals surface area contributed by atoms with Crippen LogP contribution in [-0.4, -0.2) is 78.0 Å². The number of aliphatic hydroxyl groups excluding tert-OH is 5. The number of nitrogens with zero attached hydrogens (tertiary/aromatic N) is 3. The summed E-state index contributed by atoms with van der Waals surface area (Å²) in [6.45, 7) is 0.111. The molecule has 26 heavy (non-hydrogen) atoms. The first-order valence-electron chi connectivity index (χ1n) is 8.36. The molecule has 0 spiro atoms. The molecule has 0 bridgehead atoms. The van der Waals surface area contributed by atoms with Crippen LogP contribution in [0.3, 0.4) is 0 Å². The van der Waals surface area contributed by atoms with Gasteiger partial charge < -0.3 is 25.5 Å². The minimum atomic E-state index is -1.65. The van der Waals surface area contributed by atoms with Gasteiger partial charge in [-0.3, -0.25) is 14.9 Å². The third-order valence-electron chi connectivity index (χ3n) is 3.99. The van der Waals surface area contributed by atoms with Gasteiger partial charge in [0.2, 0.25) is 0 Å². The van der Waals surface area contributed by atoms with E-state index >= 15 is 0 Å². The van der Waals surface area contributed by atoms with Gasteiger partial charge in [0.1, 0.15) is 18.3 Å². The van der Waals surface area contributed by atoms with E-state index in [0.29, 0.717) is 13.1 Å². The summed E-state index contributed by atoms with van der Waals surface area (Å²) in [5.41, 5.74) is 1.56. The Kier molecular flexibility index (Phi) is 8.05. The van der Waals surface area contributed by atoms with E-state index in [1.165, 1.54) is 0 Å². The molecule has 0 unspecified atom stereocenters. The fourth-order valence-corrected chi connectivity index (χ4v) is 2.56. The van der Waals surface area contributed by atoms with Crippen molar-refractivity contribution in [1.82, 2.24) is 14.9 Å². The van der Waals surface area contributed by atoms with Crippen LogP contribution < -0.4 is 0 Å². The molecular formula is C18H25N3O5. The van der Waals surface area contributed by atoms with Crippen molar-refractivity contribution in [1.29, 1.82) is 0 Å². The molecule has 0 radical (unpaired) electrons. The Morgan fingerprint density at radius 1 is 0.769 bits per heavy atom. The molecule has 0 fully saturated rings. The first-order chi connectivity index (χ1) is 12.5. The minimum absolute atomic E-state index is 0.0174. The molecule has 2 aromatic heterocycles. The molecule has 4 atom stereocenters. The number of hydrogen-bond acceptors (Lipinski definition) is 8. The second-order valence-electron chi connectivity index (χ2n) is 6.11. The van der Waals surface area contributed by atoms with E-state index in [0.717, 1.165) is 11.4 Å². The van der Waals surface area contributed by atoms with Gasteiger partial charge in [0, 0.05) is 32.0 Å². The Morgan fingerprint density at radius 2 is 1.27 bits per heavy atom. The van der Waals surface area contributed by atoms with Crippen LogP contribution in [0.5, 0.6) is 0 Å². The Hall–Kier alpha value is -1.94. The Morgan fingerprint density at radius 3 is 1.69 bits per heavy atom. The van der Waals surface area contributed by atoms with Crippen LogP contribution in [0.25, 0.3) is 0 Å². The molecule has 2 heterocycles. The molecule has 8 nitrogen and oxygen atoms in total. The molecule has 0 aliphatic rings. The van der Waals surface area contributed by atoms with Crippen LogP contribution >= 0.6 is 0 Å². The quantitative estimate of drug-likeness (QED) is 0.360. The van der Waals surface area contributed by atoms with Crippen molar-refractivity contribution in [3.05, 3.63) is 60.2 Å².